The van der Waals surface area contributed by atoms with Crippen LogP contribution in [0.4, 0.5) is 0 Å². The molecule has 1 N–H and O–H groups in total. The third kappa shape index (κ3) is 3.14. The van der Waals surface area contributed by atoms with Crippen molar-refractivity contribution < 1.29 is 9.53 Å². The molecule has 1 amide bonds. The summed E-state index contributed by atoms with van der Waals surface area (Å²) < 4.78 is 5.75. The fourth-order valence-corrected chi connectivity index (χ4v) is 4.12. The van der Waals surface area contributed by atoms with E-state index in [0.717, 1.165) is 53.8 Å². The van der Waals surface area contributed by atoms with Gasteiger partial charge < -0.3 is 10.1 Å². The van der Waals surface area contributed by atoms with Gasteiger partial charge in [-0.15, -0.1) is 0 Å². The van der Waals surface area contributed by atoms with Gasteiger partial charge in [-0.3, -0.25) is 14.7 Å². The number of fused-ring (bicyclic) bond motifs is 2. The van der Waals surface area contributed by atoms with E-state index in [2.05, 4.69) is 22.1 Å². The first kappa shape index (κ1) is 16.5. The maximum absolute atomic E-state index is 13.0. The van der Waals surface area contributed by atoms with Crippen molar-refractivity contribution in [2.45, 2.75) is 45.4 Å². The van der Waals surface area contributed by atoms with Crippen molar-refractivity contribution in [1.82, 2.24) is 15.2 Å². The molecule has 25 heavy (non-hydrogen) atoms. The van der Waals surface area contributed by atoms with Crippen LogP contribution >= 0.6 is 0 Å². The van der Waals surface area contributed by atoms with E-state index < -0.39 is 0 Å². The Morgan fingerprint density at radius 3 is 3.00 bits per heavy atom. The molecule has 4 rings (SSSR count). The molecule has 0 radical (unpaired) electrons. The van der Waals surface area contributed by atoms with Gasteiger partial charge in [-0.1, -0.05) is 18.2 Å². The molecule has 5 nitrogen and oxygen atoms in total. The molecule has 1 aromatic heterocycles. The zero-order valence-corrected chi connectivity index (χ0v) is 15.1. The summed E-state index contributed by atoms with van der Waals surface area (Å²) in [6.07, 6.45) is 1.24. The van der Waals surface area contributed by atoms with E-state index in [1.54, 1.807) is 0 Å². The molecule has 3 atom stereocenters. The number of aryl methyl sites for hydroxylation is 2. The Morgan fingerprint density at radius 1 is 1.32 bits per heavy atom. The Kier molecular flexibility index (Phi) is 4.21. The molecule has 2 aromatic rings. The molecular weight excluding hydrogens is 314 g/mol. The number of pyridine rings is 1. The SMILES string of the molecule is Cc1cc(C(=O)N[C@H]2C[C@H]3CO[C@@H](C)CN3C2)c2cccc(C)c2n1. The fraction of sp³-hybridized carbons (Fsp3) is 0.500. The van der Waals surface area contributed by atoms with Gasteiger partial charge in [0, 0.05) is 36.3 Å². The average molecular weight is 339 g/mol. The highest BCUT2D eigenvalue weighted by molar-refractivity contribution is 6.06. The van der Waals surface area contributed by atoms with E-state index in [0.29, 0.717) is 6.04 Å². The van der Waals surface area contributed by atoms with Crippen LogP contribution in [0.3, 0.4) is 0 Å². The largest absolute Gasteiger partial charge is 0.376 e. The van der Waals surface area contributed by atoms with Crippen LogP contribution < -0.4 is 5.32 Å². The second-order valence-electron chi connectivity index (χ2n) is 7.44. The standard InChI is InChI=1S/C20H25N3O2/c1-12-5-4-6-17-18(7-13(2)21-19(12)17)20(24)22-15-8-16-11-25-14(3)9-23(16)10-15/h4-7,14-16H,8-11H2,1-3H3,(H,22,24)/t14-,15-,16-/m0/s1. The lowest BCUT2D eigenvalue weighted by molar-refractivity contribution is -0.0390. The van der Waals surface area contributed by atoms with Gasteiger partial charge >= 0.3 is 0 Å². The van der Waals surface area contributed by atoms with Gasteiger partial charge in [0.2, 0.25) is 0 Å². The summed E-state index contributed by atoms with van der Waals surface area (Å²) in [7, 11) is 0. The molecule has 2 aliphatic heterocycles. The second kappa shape index (κ2) is 6.39. The van der Waals surface area contributed by atoms with Crippen molar-refractivity contribution in [3.63, 3.8) is 0 Å². The number of ether oxygens (including phenoxy) is 1. The number of carbonyl (C=O) groups excluding carboxylic acids is 1. The van der Waals surface area contributed by atoms with Crippen molar-refractivity contribution in [3.8, 4) is 0 Å². The molecule has 2 aliphatic rings. The molecule has 0 aliphatic carbocycles. The van der Waals surface area contributed by atoms with Crippen molar-refractivity contribution in [3.05, 3.63) is 41.1 Å². The van der Waals surface area contributed by atoms with Gasteiger partial charge in [-0.05, 0) is 38.8 Å². The van der Waals surface area contributed by atoms with Crippen LogP contribution in [-0.4, -0.2) is 53.7 Å². The first-order valence-corrected chi connectivity index (χ1v) is 9.05. The fourth-order valence-electron chi connectivity index (χ4n) is 4.12. The van der Waals surface area contributed by atoms with E-state index in [-0.39, 0.29) is 18.1 Å². The molecule has 2 fully saturated rings. The average Bonchev–Trinajstić information content (AvgIpc) is 2.96. The third-order valence-electron chi connectivity index (χ3n) is 5.34. The normalized spacial score (nSPS) is 26.6. The smallest absolute Gasteiger partial charge is 0.252 e. The van der Waals surface area contributed by atoms with Crippen LogP contribution in [0.15, 0.2) is 24.3 Å². The third-order valence-corrected chi connectivity index (χ3v) is 5.34. The highest BCUT2D eigenvalue weighted by Crippen LogP contribution is 2.25. The lowest BCUT2D eigenvalue weighted by Crippen LogP contribution is -2.45. The maximum atomic E-state index is 13.0. The number of carbonyl (C=O) groups is 1. The number of morpholine rings is 1. The summed E-state index contributed by atoms with van der Waals surface area (Å²) in [5, 5.41) is 4.17. The van der Waals surface area contributed by atoms with Crippen molar-refractivity contribution in [1.29, 1.82) is 0 Å². The molecule has 2 saturated heterocycles. The van der Waals surface area contributed by atoms with E-state index in [4.69, 9.17) is 4.74 Å². The number of benzene rings is 1. The molecule has 5 heteroatoms. The Hall–Kier alpha value is -1.98. The number of hydrogen-bond acceptors (Lipinski definition) is 4. The quantitative estimate of drug-likeness (QED) is 0.913. The summed E-state index contributed by atoms with van der Waals surface area (Å²) in [4.78, 5) is 20.0. The monoisotopic (exact) mass is 339 g/mol. The highest BCUT2D eigenvalue weighted by atomic mass is 16.5. The number of nitrogens with zero attached hydrogens (tertiary/aromatic N) is 2. The van der Waals surface area contributed by atoms with Gasteiger partial charge in [0.25, 0.3) is 5.91 Å². The molecule has 0 spiro atoms. The predicted octanol–water partition coefficient (Wildman–Crippen LogP) is 2.44. The summed E-state index contributed by atoms with van der Waals surface area (Å²) >= 11 is 0. The van der Waals surface area contributed by atoms with E-state index >= 15 is 0 Å². The lowest BCUT2D eigenvalue weighted by Gasteiger charge is -2.33. The summed E-state index contributed by atoms with van der Waals surface area (Å²) in [6, 6.07) is 8.51. The zero-order valence-electron chi connectivity index (χ0n) is 15.1. The maximum Gasteiger partial charge on any atom is 0.252 e. The summed E-state index contributed by atoms with van der Waals surface area (Å²) in [5.74, 6) is -0.0000798. The molecular formula is C20H25N3O2. The Balaban J connectivity index is 1.56. The summed E-state index contributed by atoms with van der Waals surface area (Å²) in [6.45, 7) is 8.71. The van der Waals surface area contributed by atoms with Crippen LogP contribution in [0.2, 0.25) is 0 Å². The molecule has 132 valence electrons. The first-order valence-electron chi connectivity index (χ1n) is 9.05. The molecule has 0 saturated carbocycles. The van der Waals surface area contributed by atoms with Crippen LogP contribution in [0, 0.1) is 13.8 Å². The van der Waals surface area contributed by atoms with Crippen LogP contribution in [0.1, 0.15) is 35.0 Å². The number of para-hydroxylation sites is 1. The van der Waals surface area contributed by atoms with Gasteiger partial charge in [-0.2, -0.15) is 0 Å². The molecule has 1 aromatic carbocycles. The van der Waals surface area contributed by atoms with Crippen LogP contribution in [0.25, 0.3) is 10.9 Å². The predicted molar refractivity (Wildman–Crippen MR) is 97.9 cm³/mol. The second-order valence-corrected chi connectivity index (χ2v) is 7.44. The summed E-state index contributed by atoms with van der Waals surface area (Å²) in [5.41, 5.74) is 3.61. The van der Waals surface area contributed by atoms with Gasteiger partial charge in [0.15, 0.2) is 0 Å². The number of aromatic nitrogens is 1. The van der Waals surface area contributed by atoms with E-state index in [1.807, 2.05) is 38.1 Å². The lowest BCUT2D eigenvalue weighted by atomic mass is 10.0. The van der Waals surface area contributed by atoms with Gasteiger partial charge in [0.1, 0.15) is 0 Å². The topological polar surface area (TPSA) is 54.5 Å². The van der Waals surface area contributed by atoms with Crippen molar-refractivity contribution in [2.75, 3.05) is 19.7 Å². The minimum Gasteiger partial charge on any atom is -0.376 e. The first-order chi connectivity index (χ1) is 12.0. The zero-order chi connectivity index (χ0) is 17.6. The number of hydrogen-bond donors (Lipinski definition) is 1. The van der Waals surface area contributed by atoms with E-state index in [1.165, 1.54) is 0 Å². The molecule has 0 bridgehead atoms. The number of amides is 1. The van der Waals surface area contributed by atoms with Gasteiger partial charge in [0.05, 0.1) is 23.8 Å². The van der Waals surface area contributed by atoms with Crippen molar-refractivity contribution in [2.24, 2.45) is 0 Å². The van der Waals surface area contributed by atoms with Gasteiger partial charge in [-0.25, -0.2) is 0 Å². The molecule has 3 heterocycles. The highest BCUT2D eigenvalue weighted by Gasteiger charge is 2.36. The van der Waals surface area contributed by atoms with E-state index in [9.17, 15) is 4.79 Å². The van der Waals surface area contributed by atoms with Crippen LogP contribution in [-0.2, 0) is 4.74 Å². The van der Waals surface area contributed by atoms with Crippen molar-refractivity contribution >= 4 is 16.8 Å². The minimum absolute atomic E-state index is 0.0000798. The Labute approximate surface area is 148 Å². The van der Waals surface area contributed by atoms with Crippen LogP contribution in [0.5, 0.6) is 0 Å². The number of rotatable bonds is 2. The Morgan fingerprint density at radius 2 is 2.16 bits per heavy atom. The minimum atomic E-state index is -0.0000798. The number of nitrogens with one attached hydrogen (secondary N) is 1. The molecule has 0 unspecified atom stereocenters. The Bertz CT molecular complexity index is 820.